The van der Waals surface area contributed by atoms with Crippen molar-refractivity contribution in [3.8, 4) is 5.75 Å². The first-order valence-corrected chi connectivity index (χ1v) is 13.9. The van der Waals surface area contributed by atoms with Gasteiger partial charge in [-0.25, -0.2) is 4.79 Å². The van der Waals surface area contributed by atoms with E-state index in [1.807, 2.05) is 0 Å². The third kappa shape index (κ3) is 9.72. The van der Waals surface area contributed by atoms with Gasteiger partial charge in [0.1, 0.15) is 29.9 Å². The van der Waals surface area contributed by atoms with Crippen molar-refractivity contribution in [3.63, 3.8) is 0 Å². The molecule has 42 heavy (non-hydrogen) atoms. The molecule has 1 aliphatic rings. The minimum atomic E-state index is -1.34. The molecule has 0 aromatic heterocycles. The topological polar surface area (TPSA) is 228 Å². The summed E-state index contributed by atoms with van der Waals surface area (Å²) in [7, 11) is 0. The zero-order chi connectivity index (χ0) is 31.6. The zero-order valence-corrected chi connectivity index (χ0v) is 24.0. The summed E-state index contributed by atoms with van der Waals surface area (Å²) >= 11 is 0. The first-order valence-electron chi connectivity index (χ1n) is 13.9. The first kappa shape index (κ1) is 34.0. The highest BCUT2D eigenvalue weighted by Crippen LogP contribution is 2.20. The lowest BCUT2D eigenvalue weighted by Crippen LogP contribution is -2.58. The molecule has 1 heterocycles. The number of hydrogen-bond acceptors (Lipinski definition) is 8. The lowest BCUT2D eigenvalue weighted by molar-refractivity contribution is -0.145. The van der Waals surface area contributed by atoms with Crippen molar-refractivity contribution < 1.29 is 44.1 Å². The molecule has 0 saturated carbocycles. The van der Waals surface area contributed by atoms with Gasteiger partial charge < -0.3 is 41.9 Å². The molecule has 2 rings (SSSR count). The van der Waals surface area contributed by atoms with E-state index in [4.69, 9.17) is 10.8 Å². The van der Waals surface area contributed by atoms with Crippen molar-refractivity contribution >= 4 is 35.6 Å². The Bertz CT molecular complexity index is 1140. The Hall–Kier alpha value is -4.20. The first-order chi connectivity index (χ1) is 19.7. The predicted molar refractivity (Wildman–Crippen MR) is 150 cm³/mol. The number of amides is 4. The molecule has 0 aliphatic carbocycles. The van der Waals surface area contributed by atoms with Gasteiger partial charge in [-0.2, -0.15) is 0 Å². The third-order valence-electron chi connectivity index (χ3n) is 7.35. The van der Waals surface area contributed by atoms with E-state index in [0.29, 0.717) is 18.4 Å². The van der Waals surface area contributed by atoms with Gasteiger partial charge in [0, 0.05) is 13.0 Å². The lowest BCUT2D eigenvalue weighted by atomic mass is 9.98. The van der Waals surface area contributed by atoms with Gasteiger partial charge in [0.2, 0.25) is 23.6 Å². The van der Waals surface area contributed by atoms with E-state index < -0.39 is 78.1 Å². The summed E-state index contributed by atoms with van der Waals surface area (Å²) in [6.45, 7) is 5.09. The maximum atomic E-state index is 13.2. The number of carboxylic acids is 2. The van der Waals surface area contributed by atoms with Gasteiger partial charge >= 0.3 is 11.9 Å². The van der Waals surface area contributed by atoms with E-state index in [9.17, 15) is 39.0 Å². The van der Waals surface area contributed by atoms with Gasteiger partial charge in [-0.3, -0.25) is 24.0 Å². The number of benzene rings is 1. The van der Waals surface area contributed by atoms with Crippen LogP contribution < -0.4 is 21.7 Å². The number of nitrogens with two attached hydrogens (primary N) is 1. The molecule has 14 nitrogen and oxygen atoms in total. The zero-order valence-electron chi connectivity index (χ0n) is 24.0. The van der Waals surface area contributed by atoms with Crippen molar-refractivity contribution in [2.24, 2.45) is 11.7 Å². The van der Waals surface area contributed by atoms with Gasteiger partial charge in [-0.1, -0.05) is 32.4 Å². The van der Waals surface area contributed by atoms with Crippen molar-refractivity contribution in [1.29, 1.82) is 0 Å². The molecule has 0 spiro atoms. The number of carbonyl (C=O) groups is 6. The maximum Gasteiger partial charge on any atom is 0.326 e. The van der Waals surface area contributed by atoms with Crippen LogP contribution in [0.25, 0.3) is 0 Å². The molecule has 1 fully saturated rings. The predicted octanol–water partition coefficient (Wildman–Crippen LogP) is -0.277. The molecule has 1 saturated heterocycles. The van der Waals surface area contributed by atoms with Crippen molar-refractivity contribution in [1.82, 2.24) is 20.9 Å². The van der Waals surface area contributed by atoms with Crippen LogP contribution in [0.2, 0.25) is 0 Å². The minimum Gasteiger partial charge on any atom is -0.508 e. The van der Waals surface area contributed by atoms with Gasteiger partial charge in [0.15, 0.2) is 0 Å². The number of nitrogens with zero attached hydrogens (tertiary/aromatic N) is 1. The third-order valence-corrected chi connectivity index (χ3v) is 7.35. The van der Waals surface area contributed by atoms with Crippen LogP contribution in [0.5, 0.6) is 5.75 Å². The molecule has 0 bridgehead atoms. The summed E-state index contributed by atoms with van der Waals surface area (Å²) in [4.78, 5) is 76.2. The number of carbonyl (C=O) groups excluding carboxylic acids is 4. The van der Waals surface area contributed by atoms with Crippen LogP contribution in [-0.4, -0.2) is 92.5 Å². The molecule has 1 aromatic rings. The summed E-state index contributed by atoms with van der Waals surface area (Å²) in [5.41, 5.74) is 6.71. The fourth-order valence-corrected chi connectivity index (χ4v) is 4.65. The van der Waals surface area contributed by atoms with E-state index in [0.717, 1.165) is 0 Å². The Labute approximate surface area is 244 Å². The van der Waals surface area contributed by atoms with E-state index >= 15 is 0 Å². The van der Waals surface area contributed by atoms with Crippen molar-refractivity contribution in [2.75, 3.05) is 6.54 Å². The Morgan fingerprint density at radius 3 is 2.21 bits per heavy atom. The second-order valence-electron chi connectivity index (χ2n) is 10.6. The summed E-state index contributed by atoms with van der Waals surface area (Å²) < 4.78 is 0. The summed E-state index contributed by atoms with van der Waals surface area (Å²) in [5, 5.41) is 35.5. The number of phenolic OH excluding ortho intramolecular Hbond substituents is 1. The number of carboxylic acid groups (broad SMARTS) is 2. The molecule has 14 heteroatoms. The standard InChI is InChI=1S/C28H41N5O9/c1-4-15(2)23(28(41)42)32-25(38)20(11-12-22(35)36)31-26(39)21-6-5-13-33(21)27(40)16(3)30-24(37)19(29)14-17-7-9-18(34)10-8-17/h7-10,15-16,19-21,23,34H,4-6,11-14,29H2,1-3H3,(H,30,37)(H,31,39)(H,32,38)(H,35,36)(H,41,42)/t15-,16-,19-,20-,21-,23-/m0/s1. The molecule has 1 aromatic carbocycles. The molecular formula is C28H41N5O9. The summed E-state index contributed by atoms with van der Waals surface area (Å²) in [5.74, 6) is -5.45. The van der Waals surface area contributed by atoms with E-state index in [-0.39, 0.29) is 31.6 Å². The van der Waals surface area contributed by atoms with Gasteiger partial charge in [-0.15, -0.1) is 0 Å². The highest BCUT2D eigenvalue weighted by Gasteiger charge is 2.38. The average Bonchev–Trinajstić information content (AvgIpc) is 3.43. The maximum absolute atomic E-state index is 13.2. The van der Waals surface area contributed by atoms with Crippen LogP contribution in [0.3, 0.4) is 0 Å². The van der Waals surface area contributed by atoms with Crippen molar-refractivity contribution in [3.05, 3.63) is 29.8 Å². The molecule has 6 atom stereocenters. The number of aromatic hydroxyl groups is 1. The van der Waals surface area contributed by atoms with Crippen LogP contribution >= 0.6 is 0 Å². The quantitative estimate of drug-likeness (QED) is 0.141. The molecule has 1 aliphatic heterocycles. The molecule has 0 unspecified atom stereocenters. The van der Waals surface area contributed by atoms with Crippen LogP contribution in [-0.2, 0) is 35.2 Å². The molecule has 4 amide bonds. The smallest absolute Gasteiger partial charge is 0.326 e. The monoisotopic (exact) mass is 591 g/mol. The molecular weight excluding hydrogens is 550 g/mol. The lowest BCUT2D eigenvalue weighted by Gasteiger charge is -2.29. The Morgan fingerprint density at radius 2 is 1.64 bits per heavy atom. The van der Waals surface area contributed by atoms with E-state index in [2.05, 4.69) is 16.0 Å². The molecule has 0 radical (unpaired) electrons. The van der Waals surface area contributed by atoms with Crippen molar-refractivity contribution in [2.45, 2.75) is 89.5 Å². The Balaban J connectivity index is 2.06. The molecule has 8 N–H and O–H groups in total. The van der Waals surface area contributed by atoms with Crippen LogP contribution in [0.15, 0.2) is 24.3 Å². The number of aliphatic carboxylic acids is 2. The Kier molecular flexibility index (Phi) is 12.7. The number of nitrogens with one attached hydrogen (secondary N) is 3. The summed E-state index contributed by atoms with van der Waals surface area (Å²) in [6.07, 6.45) is 0.634. The number of likely N-dealkylation sites (tertiary alicyclic amines) is 1. The Morgan fingerprint density at radius 1 is 1.00 bits per heavy atom. The van der Waals surface area contributed by atoms with E-state index in [1.54, 1.807) is 26.0 Å². The fraction of sp³-hybridized carbons (Fsp3) is 0.571. The highest BCUT2D eigenvalue weighted by molar-refractivity contribution is 5.95. The SMILES string of the molecule is CC[C@H](C)[C@H](NC(=O)[C@H](CCC(=O)O)NC(=O)[C@@H]1CCCN1C(=O)[C@H](C)NC(=O)[C@@H](N)Cc1ccc(O)cc1)C(=O)O. The summed E-state index contributed by atoms with van der Waals surface area (Å²) in [6, 6.07) is 0.644. The van der Waals surface area contributed by atoms with Crippen LogP contribution in [0, 0.1) is 5.92 Å². The second-order valence-corrected chi connectivity index (χ2v) is 10.6. The van der Waals surface area contributed by atoms with Gasteiger partial charge in [0.25, 0.3) is 0 Å². The number of phenols is 1. The average molecular weight is 592 g/mol. The van der Waals surface area contributed by atoms with Crippen LogP contribution in [0.4, 0.5) is 0 Å². The fourth-order valence-electron chi connectivity index (χ4n) is 4.65. The largest absolute Gasteiger partial charge is 0.508 e. The van der Waals surface area contributed by atoms with E-state index in [1.165, 1.54) is 24.0 Å². The molecule has 232 valence electrons. The highest BCUT2D eigenvalue weighted by atomic mass is 16.4. The van der Waals surface area contributed by atoms with Gasteiger partial charge in [0.05, 0.1) is 6.04 Å². The second kappa shape index (κ2) is 15.7. The number of hydrogen-bond donors (Lipinski definition) is 7. The number of rotatable bonds is 15. The van der Waals surface area contributed by atoms with Crippen LogP contribution in [0.1, 0.15) is 58.4 Å². The van der Waals surface area contributed by atoms with Gasteiger partial charge in [-0.05, 0) is 56.2 Å². The minimum absolute atomic E-state index is 0.0737. The normalized spacial score (nSPS) is 18.2.